The lowest BCUT2D eigenvalue weighted by Gasteiger charge is -2.28. The van der Waals surface area contributed by atoms with Gasteiger partial charge in [0.1, 0.15) is 0 Å². The fraction of sp³-hybridized carbons (Fsp3) is 1.00. The molecule has 2 fully saturated rings. The van der Waals surface area contributed by atoms with Gasteiger partial charge in [0.25, 0.3) is 0 Å². The smallest absolute Gasteiger partial charge is 0.214 e. The van der Waals surface area contributed by atoms with E-state index in [1.807, 2.05) is 0 Å². The van der Waals surface area contributed by atoms with E-state index in [2.05, 4.69) is 5.32 Å². The normalized spacial score (nSPS) is 23.9. The second kappa shape index (κ2) is 7.76. The van der Waals surface area contributed by atoms with E-state index in [1.54, 1.807) is 11.4 Å². The molecule has 4 nitrogen and oxygen atoms in total. The summed E-state index contributed by atoms with van der Waals surface area (Å²) in [5, 5.41) is 3.33. The quantitative estimate of drug-likeness (QED) is 0.793. The molecule has 20 heavy (non-hydrogen) atoms. The summed E-state index contributed by atoms with van der Waals surface area (Å²) in [5.41, 5.74) is 0. The summed E-state index contributed by atoms with van der Waals surface area (Å²) in [6, 6.07) is 0.246. The molecule has 1 N–H and O–H groups in total. The summed E-state index contributed by atoms with van der Waals surface area (Å²) in [6.07, 6.45) is 10.1. The number of nitrogens with zero attached hydrogens (tertiary/aromatic N) is 1. The van der Waals surface area contributed by atoms with Crippen molar-refractivity contribution in [2.24, 2.45) is 5.92 Å². The Balaban J connectivity index is 1.84. The molecule has 0 unspecified atom stereocenters. The van der Waals surface area contributed by atoms with Gasteiger partial charge in [-0.1, -0.05) is 25.7 Å². The maximum Gasteiger partial charge on any atom is 0.214 e. The molecule has 0 amide bonds. The molecule has 1 saturated carbocycles. The topological polar surface area (TPSA) is 49.4 Å². The molecule has 2 aliphatic rings. The van der Waals surface area contributed by atoms with Crippen LogP contribution in [0.4, 0.5) is 0 Å². The lowest BCUT2D eigenvalue weighted by Crippen LogP contribution is -2.39. The van der Waals surface area contributed by atoms with Crippen LogP contribution in [-0.2, 0) is 10.0 Å². The molecule has 0 aromatic rings. The molecule has 1 aliphatic carbocycles. The molecule has 0 aromatic heterocycles. The zero-order chi connectivity index (χ0) is 14.4. The third-order valence-electron chi connectivity index (χ3n) is 5.02. The van der Waals surface area contributed by atoms with Crippen LogP contribution >= 0.6 is 0 Å². The fourth-order valence-corrected chi connectivity index (χ4v) is 5.06. The molecule has 0 radical (unpaired) electrons. The van der Waals surface area contributed by atoms with Gasteiger partial charge in [-0.2, -0.15) is 0 Å². The first-order chi connectivity index (χ1) is 9.59. The standard InChI is InChI=1S/C15H30N2O2S/c1-17(15-6-4-2-3-5-7-15)20(18,19)13-10-14-8-11-16-12-9-14/h14-16H,2-13H2,1H3. The highest BCUT2D eigenvalue weighted by molar-refractivity contribution is 7.89. The van der Waals surface area contributed by atoms with Crippen LogP contribution < -0.4 is 5.32 Å². The van der Waals surface area contributed by atoms with Crippen molar-refractivity contribution in [3.63, 3.8) is 0 Å². The third kappa shape index (κ3) is 4.71. The van der Waals surface area contributed by atoms with Crippen LogP contribution in [0.15, 0.2) is 0 Å². The molecule has 2 rings (SSSR count). The van der Waals surface area contributed by atoms with Gasteiger partial charge in [-0.3, -0.25) is 0 Å². The van der Waals surface area contributed by atoms with Crippen molar-refractivity contribution in [2.75, 3.05) is 25.9 Å². The van der Waals surface area contributed by atoms with Crippen molar-refractivity contribution < 1.29 is 8.42 Å². The monoisotopic (exact) mass is 302 g/mol. The zero-order valence-electron chi connectivity index (χ0n) is 12.8. The molecule has 0 aromatic carbocycles. The molecule has 5 heteroatoms. The first-order valence-corrected chi connectivity index (χ1v) is 9.87. The summed E-state index contributed by atoms with van der Waals surface area (Å²) >= 11 is 0. The third-order valence-corrected chi connectivity index (χ3v) is 6.95. The maximum absolute atomic E-state index is 12.5. The van der Waals surface area contributed by atoms with Gasteiger partial charge in [-0.25, -0.2) is 12.7 Å². The molecule has 1 aliphatic heterocycles. The van der Waals surface area contributed by atoms with Gasteiger partial charge < -0.3 is 5.32 Å². The van der Waals surface area contributed by atoms with Crippen molar-refractivity contribution >= 4 is 10.0 Å². The summed E-state index contributed by atoms with van der Waals surface area (Å²) < 4.78 is 26.7. The van der Waals surface area contributed by atoms with Gasteiger partial charge >= 0.3 is 0 Å². The van der Waals surface area contributed by atoms with E-state index >= 15 is 0 Å². The van der Waals surface area contributed by atoms with Gasteiger partial charge in [-0.15, -0.1) is 0 Å². The van der Waals surface area contributed by atoms with Crippen molar-refractivity contribution in [3.05, 3.63) is 0 Å². The van der Waals surface area contributed by atoms with Gasteiger partial charge in [-0.05, 0) is 51.1 Å². The van der Waals surface area contributed by atoms with E-state index in [9.17, 15) is 8.42 Å². The lowest BCUT2D eigenvalue weighted by molar-refractivity contribution is 0.328. The van der Waals surface area contributed by atoms with E-state index < -0.39 is 10.0 Å². The van der Waals surface area contributed by atoms with E-state index in [0.29, 0.717) is 11.7 Å². The summed E-state index contributed by atoms with van der Waals surface area (Å²) in [4.78, 5) is 0. The second-order valence-electron chi connectivity index (χ2n) is 6.46. The molecule has 0 atom stereocenters. The van der Waals surface area contributed by atoms with Gasteiger partial charge in [0.05, 0.1) is 5.75 Å². The molecule has 0 bridgehead atoms. The van der Waals surface area contributed by atoms with Gasteiger partial charge in [0, 0.05) is 13.1 Å². The molecular weight excluding hydrogens is 272 g/mol. The molecule has 118 valence electrons. The van der Waals surface area contributed by atoms with Crippen LogP contribution in [0.3, 0.4) is 0 Å². The minimum atomic E-state index is -3.06. The summed E-state index contributed by atoms with van der Waals surface area (Å²) in [5.74, 6) is 0.929. The lowest BCUT2D eigenvalue weighted by atomic mass is 9.96. The SMILES string of the molecule is CN(C1CCCCCC1)S(=O)(=O)CCC1CCNCC1. The Morgan fingerprint density at radius 2 is 1.60 bits per heavy atom. The van der Waals surface area contributed by atoms with Crippen LogP contribution in [0.1, 0.15) is 57.8 Å². The number of piperidine rings is 1. The Bertz CT molecular complexity index is 369. The molecule has 0 spiro atoms. The Labute approximate surface area is 124 Å². The zero-order valence-corrected chi connectivity index (χ0v) is 13.6. The van der Waals surface area contributed by atoms with Crippen LogP contribution in [0.5, 0.6) is 0 Å². The number of rotatable bonds is 5. The van der Waals surface area contributed by atoms with Crippen LogP contribution in [0.2, 0.25) is 0 Å². The highest BCUT2D eigenvalue weighted by Crippen LogP contribution is 2.24. The predicted molar refractivity (Wildman–Crippen MR) is 83.3 cm³/mol. The Kier molecular flexibility index (Phi) is 6.30. The molecule has 1 heterocycles. The largest absolute Gasteiger partial charge is 0.317 e. The van der Waals surface area contributed by atoms with Gasteiger partial charge in [0.15, 0.2) is 0 Å². The highest BCUT2D eigenvalue weighted by atomic mass is 32.2. The van der Waals surface area contributed by atoms with Crippen molar-refractivity contribution in [2.45, 2.75) is 63.8 Å². The van der Waals surface area contributed by atoms with Crippen LogP contribution in [-0.4, -0.2) is 44.7 Å². The second-order valence-corrected chi connectivity index (χ2v) is 8.61. The van der Waals surface area contributed by atoms with Crippen LogP contribution in [0, 0.1) is 5.92 Å². The summed E-state index contributed by atoms with van der Waals surface area (Å²) in [7, 11) is -1.26. The predicted octanol–water partition coefficient (Wildman–Crippen LogP) is 2.36. The number of hydrogen-bond donors (Lipinski definition) is 1. The van der Waals surface area contributed by atoms with Crippen molar-refractivity contribution in [1.82, 2.24) is 9.62 Å². The van der Waals surface area contributed by atoms with Crippen molar-refractivity contribution in [1.29, 1.82) is 0 Å². The Morgan fingerprint density at radius 1 is 1.00 bits per heavy atom. The summed E-state index contributed by atoms with van der Waals surface area (Å²) in [6.45, 7) is 2.09. The molecule has 1 saturated heterocycles. The first-order valence-electron chi connectivity index (χ1n) is 8.26. The first kappa shape index (κ1) is 16.2. The fourth-order valence-electron chi connectivity index (χ4n) is 3.48. The Hall–Kier alpha value is -0.130. The van der Waals surface area contributed by atoms with E-state index in [1.165, 1.54) is 25.7 Å². The number of sulfonamides is 1. The molecular formula is C15H30N2O2S. The van der Waals surface area contributed by atoms with Crippen LogP contribution in [0.25, 0.3) is 0 Å². The Morgan fingerprint density at radius 3 is 2.20 bits per heavy atom. The van der Waals surface area contributed by atoms with E-state index in [0.717, 1.165) is 45.2 Å². The average molecular weight is 302 g/mol. The van der Waals surface area contributed by atoms with Gasteiger partial charge in [0.2, 0.25) is 10.0 Å². The maximum atomic E-state index is 12.5. The number of nitrogens with one attached hydrogen (secondary N) is 1. The van der Waals surface area contributed by atoms with E-state index in [-0.39, 0.29) is 6.04 Å². The van der Waals surface area contributed by atoms with E-state index in [4.69, 9.17) is 0 Å². The minimum Gasteiger partial charge on any atom is -0.317 e. The van der Waals surface area contributed by atoms with Crippen molar-refractivity contribution in [3.8, 4) is 0 Å². The average Bonchev–Trinajstić information content (AvgIpc) is 2.74. The highest BCUT2D eigenvalue weighted by Gasteiger charge is 2.27. The minimum absolute atomic E-state index is 0.246. The number of hydrogen-bond acceptors (Lipinski definition) is 3.